The fourth-order valence-electron chi connectivity index (χ4n) is 4.06. The Kier molecular flexibility index (Phi) is 5.87. The molecule has 1 N–H and O–H groups in total. The highest BCUT2D eigenvalue weighted by molar-refractivity contribution is 5.65. The molecule has 5 heteroatoms. The first-order valence-corrected chi connectivity index (χ1v) is 10.4. The summed E-state index contributed by atoms with van der Waals surface area (Å²) in [5, 5.41) is 3.66. The number of anilines is 2. The first-order valence-electron chi connectivity index (χ1n) is 10.4. The van der Waals surface area contributed by atoms with Crippen LogP contribution >= 0.6 is 0 Å². The Labute approximate surface area is 162 Å². The number of benzene rings is 1. The lowest BCUT2D eigenvalue weighted by atomic mass is 10.1. The molecule has 27 heavy (non-hydrogen) atoms. The maximum absolute atomic E-state index is 4.92. The maximum Gasteiger partial charge on any atom is 0.225 e. The van der Waals surface area contributed by atoms with Crippen LogP contribution < -0.4 is 10.2 Å². The quantitative estimate of drug-likeness (QED) is 0.829. The van der Waals surface area contributed by atoms with E-state index in [-0.39, 0.29) is 0 Å². The standard InChI is InChI=1S/C22H31N5/c1-26-13-15-27(16-14-26)21-17-20(18-9-5-4-6-10-18)24-22(25-21)23-19-11-7-2-3-8-12-19/h4-6,9-10,17,19H,2-3,7-8,11-16H2,1H3,(H,23,24,25). The van der Waals surface area contributed by atoms with Crippen molar-refractivity contribution in [3.63, 3.8) is 0 Å². The van der Waals surface area contributed by atoms with E-state index in [9.17, 15) is 0 Å². The number of nitrogens with one attached hydrogen (secondary N) is 1. The van der Waals surface area contributed by atoms with Crippen LogP contribution in [0.4, 0.5) is 11.8 Å². The SMILES string of the molecule is CN1CCN(c2cc(-c3ccccc3)nc(NC3CCCCCC3)n2)CC1. The molecule has 4 rings (SSSR count). The molecule has 0 atom stereocenters. The Morgan fingerprint density at radius 2 is 1.59 bits per heavy atom. The zero-order valence-corrected chi connectivity index (χ0v) is 16.4. The Bertz CT molecular complexity index is 717. The van der Waals surface area contributed by atoms with Gasteiger partial charge in [-0.1, -0.05) is 56.0 Å². The van der Waals surface area contributed by atoms with Crippen LogP contribution in [0.1, 0.15) is 38.5 Å². The molecule has 2 fully saturated rings. The molecule has 0 amide bonds. The van der Waals surface area contributed by atoms with E-state index in [1.54, 1.807) is 0 Å². The average molecular weight is 366 g/mol. The number of piperazine rings is 1. The van der Waals surface area contributed by atoms with Gasteiger partial charge >= 0.3 is 0 Å². The molecule has 0 radical (unpaired) electrons. The van der Waals surface area contributed by atoms with E-state index >= 15 is 0 Å². The molecule has 0 bridgehead atoms. The Hall–Kier alpha value is -2.14. The van der Waals surface area contributed by atoms with Crippen molar-refractivity contribution in [2.75, 3.05) is 43.4 Å². The van der Waals surface area contributed by atoms with Crippen LogP contribution in [-0.4, -0.2) is 54.1 Å². The van der Waals surface area contributed by atoms with Crippen molar-refractivity contribution in [2.45, 2.75) is 44.6 Å². The van der Waals surface area contributed by atoms with Gasteiger partial charge in [-0.3, -0.25) is 0 Å². The maximum atomic E-state index is 4.92. The molecular weight excluding hydrogens is 334 g/mol. The first-order chi connectivity index (χ1) is 13.3. The summed E-state index contributed by atoms with van der Waals surface area (Å²) in [7, 11) is 2.19. The summed E-state index contributed by atoms with van der Waals surface area (Å²) in [6, 6.07) is 13.1. The van der Waals surface area contributed by atoms with E-state index in [1.165, 1.54) is 38.5 Å². The molecule has 1 saturated carbocycles. The lowest BCUT2D eigenvalue weighted by Gasteiger charge is -2.33. The number of aromatic nitrogens is 2. The van der Waals surface area contributed by atoms with E-state index in [2.05, 4.69) is 58.6 Å². The highest BCUT2D eigenvalue weighted by Crippen LogP contribution is 2.26. The summed E-state index contributed by atoms with van der Waals surface area (Å²) >= 11 is 0. The molecule has 0 unspecified atom stereocenters. The fraction of sp³-hybridized carbons (Fsp3) is 0.545. The van der Waals surface area contributed by atoms with Gasteiger partial charge in [-0.15, -0.1) is 0 Å². The summed E-state index contributed by atoms with van der Waals surface area (Å²) in [5.74, 6) is 1.84. The lowest BCUT2D eigenvalue weighted by molar-refractivity contribution is 0.312. The number of hydrogen-bond acceptors (Lipinski definition) is 5. The lowest BCUT2D eigenvalue weighted by Crippen LogP contribution is -2.44. The van der Waals surface area contributed by atoms with Crippen LogP contribution in [0.15, 0.2) is 36.4 Å². The first kappa shape index (κ1) is 18.2. The second kappa shape index (κ2) is 8.70. The van der Waals surface area contributed by atoms with Crippen LogP contribution in [-0.2, 0) is 0 Å². The molecule has 1 aromatic heterocycles. The third-order valence-electron chi connectivity index (χ3n) is 5.80. The van der Waals surface area contributed by atoms with E-state index in [1.807, 2.05) is 0 Å². The van der Waals surface area contributed by atoms with Gasteiger partial charge in [-0.05, 0) is 19.9 Å². The third kappa shape index (κ3) is 4.78. The van der Waals surface area contributed by atoms with Crippen LogP contribution in [0.25, 0.3) is 11.3 Å². The minimum absolute atomic E-state index is 0.499. The van der Waals surface area contributed by atoms with Crippen LogP contribution in [0, 0.1) is 0 Å². The van der Waals surface area contributed by atoms with Gasteiger partial charge in [0, 0.05) is 43.9 Å². The van der Waals surface area contributed by atoms with Crippen molar-refractivity contribution < 1.29 is 0 Å². The zero-order chi connectivity index (χ0) is 18.5. The summed E-state index contributed by atoms with van der Waals surface area (Å²) < 4.78 is 0. The molecule has 1 aliphatic heterocycles. The highest BCUT2D eigenvalue weighted by Gasteiger charge is 2.19. The van der Waals surface area contributed by atoms with Crippen molar-refractivity contribution in [2.24, 2.45) is 0 Å². The van der Waals surface area contributed by atoms with Crippen molar-refractivity contribution in [1.29, 1.82) is 0 Å². The van der Waals surface area contributed by atoms with Gasteiger partial charge in [0.15, 0.2) is 0 Å². The van der Waals surface area contributed by atoms with Gasteiger partial charge < -0.3 is 15.1 Å². The van der Waals surface area contributed by atoms with Crippen molar-refractivity contribution >= 4 is 11.8 Å². The van der Waals surface area contributed by atoms with Crippen LogP contribution in [0.2, 0.25) is 0 Å². The summed E-state index contributed by atoms with van der Waals surface area (Å²) in [5.41, 5.74) is 2.16. The van der Waals surface area contributed by atoms with Crippen LogP contribution in [0.5, 0.6) is 0 Å². The predicted molar refractivity (Wildman–Crippen MR) is 112 cm³/mol. The molecule has 5 nitrogen and oxygen atoms in total. The number of hydrogen-bond donors (Lipinski definition) is 1. The average Bonchev–Trinajstić information content (AvgIpc) is 2.98. The molecule has 1 aromatic carbocycles. The van der Waals surface area contributed by atoms with Gasteiger partial charge in [-0.25, -0.2) is 4.98 Å². The Morgan fingerprint density at radius 3 is 2.30 bits per heavy atom. The van der Waals surface area contributed by atoms with Gasteiger partial charge in [0.1, 0.15) is 5.82 Å². The third-order valence-corrected chi connectivity index (χ3v) is 5.80. The van der Waals surface area contributed by atoms with Crippen LogP contribution in [0.3, 0.4) is 0 Å². The van der Waals surface area contributed by atoms with Crippen molar-refractivity contribution in [3.05, 3.63) is 36.4 Å². The molecular formula is C22H31N5. The van der Waals surface area contributed by atoms with E-state index < -0.39 is 0 Å². The molecule has 2 aliphatic rings. The summed E-state index contributed by atoms with van der Waals surface area (Å²) in [6.45, 7) is 4.20. The minimum atomic E-state index is 0.499. The Morgan fingerprint density at radius 1 is 0.889 bits per heavy atom. The summed E-state index contributed by atoms with van der Waals surface area (Å²) in [4.78, 5) is 14.6. The molecule has 2 aromatic rings. The second-order valence-electron chi connectivity index (χ2n) is 7.92. The smallest absolute Gasteiger partial charge is 0.225 e. The van der Waals surface area contributed by atoms with Crippen molar-refractivity contribution in [1.82, 2.24) is 14.9 Å². The van der Waals surface area contributed by atoms with Crippen molar-refractivity contribution in [3.8, 4) is 11.3 Å². The number of likely N-dealkylation sites (N-methyl/N-ethyl adjacent to an activating group) is 1. The van der Waals surface area contributed by atoms with Gasteiger partial charge in [0.05, 0.1) is 5.69 Å². The van der Waals surface area contributed by atoms with E-state index in [0.717, 1.165) is 49.2 Å². The van der Waals surface area contributed by atoms with E-state index in [0.29, 0.717) is 6.04 Å². The zero-order valence-electron chi connectivity index (χ0n) is 16.4. The molecule has 0 spiro atoms. The highest BCUT2D eigenvalue weighted by atomic mass is 15.3. The van der Waals surface area contributed by atoms with Gasteiger partial charge in [0.2, 0.25) is 5.95 Å². The topological polar surface area (TPSA) is 44.3 Å². The van der Waals surface area contributed by atoms with Gasteiger partial charge in [-0.2, -0.15) is 4.98 Å². The molecule has 144 valence electrons. The monoisotopic (exact) mass is 365 g/mol. The van der Waals surface area contributed by atoms with Gasteiger partial charge in [0.25, 0.3) is 0 Å². The fourth-order valence-corrected chi connectivity index (χ4v) is 4.06. The number of nitrogens with zero attached hydrogens (tertiary/aromatic N) is 4. The molecule has 1 saturated heterocycles. The van der Waals surface area contributed by atoms with E-state index in [4.69, 9.17) is 9.97 Å². The largest absolute Gasteiger partial charge is 0.354 e. The second-order valence-corrected chi connectivity index (χ2v) is 7.92. The molecule has 2 heterocycles. The normalized spacial score (nSPS) is 19.7. The molecule has 1 aliphatic carbocycles. The number of rotatable bonds is 4. The Balaban J connectivity index is 1.61. The minimum Gasteiger partial charge on any atom is -0.354 e. The summed E-state index contributed by atoms with van der Waals surface area (Å²) in [6.07, 6.45) is 7.78. The predicted octanol–water partition coefficient (Wildman–Crippen LogP) is 4.03.